The molecule has 0 bridgehead atoms. The van der Waals surface area contributed by atoms with E-state index in [1.165, 1.54) is 4.90 Å². The number of amides is 1. The monoisotopic (exact) mass is 286 g/mol. The van der Waals surface area contributed by atoms with Gasteiger partial charge in [-0.05, 0) is 31.2 Å². The molecule has 1 heterocycles. The summed E-state index contributed by atoms with van der Waals surface area (Å²) in [6.07, 6.45) is 2.25. The van der Waals surface area contributed by atoms with Crippen molar-refractivity contribution >= 4 is 17.7 Å². The van der Waals surface area contributed by atoms with Gasteiger partial charge in [0.2, 0.25) is 5.91 Å². The molecule has 0 fully saturated rings. The summed E-state index contributed by atoms with van der Waals surface area (Å²) in [5.74, 6) is 0.844. The number of benzene rings is 1. The second-order valence-electron chi connectivity index (χ2n) is 4.46. The van der Waals surface area contributed by atoms with Crippen LogP contribution in [-0.4, -0.2) is 16.6 Å². The third-order valence-corrected chi connectivity index (χ3v) is 3.86. The van der Waals surface area contributed by atoms with Gasteiger partial charge in [-0.25, -0.2) is 0 Å². The van der Waals surface area contributed by atoms with E-state index in [-0.39, 0.29) is 11.9 Å². The number of thioether (sulfide) groups is 1. The topological polar surface area (TPSA) is 42.0 Å². The highest BCUT2D eigenvalue weighted by Crippen LogP contribution is 2.18. The molecule has 20 heavy (non-hydrogen) atoms. The standard InChI is InChI=1S/C16H18N2OS/c1-13(15-9-5-6-11-17-15)18-16(19)10-12-20-14-7-3-2-4-8-14/h2-9,11,13H,10,12H2,1H3,(H,18,19). The van der Waals surface area contributed by atoms with Crippen molar-refractivity contribution in [1.29, 1.82) is 0 Å². The van der Waals surface area contributed by atoms with Gasteiger partial charge in [0.15, 0.2) is 0 Å². The van der Waals surface area contributed by atoms with E-state index in [2.05, 4.69) is 22.4 Å². The lowest BCUT2D eigenvalue weighted by molar-refractivity contribution is -0.121. The molecule has 4 heteroatoms. The first-order valence-corrected chi connectivity index (χ1v) is 7.62. The van der Waals surface area contributed by atoms with Crippen LogP contribution in [0.2, 0.25) is 0 Å². The van der Waals surface area contributed by atoms with Crippen LogP contribution in [0.4, 0.5) is 0 Å². The molecule has 0 radical (unpaired) electrons. The fourth-order valence-electron chi connectivity index (χ4n) is 1.80. The summed E-state index contributed by atoms with van der Waals surface area (Å²) in [5, 5.41) is 2.97. The maximum atomic E-state index is 11.9. The number of nitrogens with zero attached hydrogens (tertiary/aromatic N) is 1. The number of carbonyl (C=O) groups excluding carboxylic acids is 1. The van der Waals surface area contributed by atoms with E-state index >= 15 is 0 Å². The van der Waals surface area contributed by atoms with Crippen LogP contribution < -0.4 is 5.32 Å². The molecule has 2 aromatic rings. The van der Waals surface area contributed by atoms with Gasteiger partial charge in [-0.15, -0.1) is 11.8 Å². The van der Waals surface area contributed by atoms with Gasteiger partial charge < -0.3 is 5.32 Å². The Morgan fingerprint density at radius 1 is 1.20 bits per heavy atom. The molecule has 0 saturated heterocycles. The molecule has 0 spiro atoms. The minimum Gasteiger partial charge on any atom is -0.348 e. The van der Waals surface area contributed by atoms with Crippen molar-refractivity contribution in [3.63, 3.8) is 0 Å². The number of hydrogen-bond donors (Lipinski definition) is 1. The van der Waals surface area contributed by atoms with Gasteiger partial charge in [0.1, 0.15) is 0 Å². The average Bonchev–Trinajstić information content (AvgIpc) is 2.49. The molecule has 104 valence electrons. The molecular weight excluding hydrogens is 268 g/mol. The molecule has 0 saturated carbocycles. The summed E-state index contributed by atoms with van der Waals surface area (Å²) in [7, 11) is 0. The summed E-state index contributed by atoms with van der Waals surface area (Å²) in [6.45, 7) is 1.95. The number of nitrogens with one attached hydrogen (secondary N) is 1. The van der Waals surface area contributed by atoms with E-state index < -0.39 is 0 Å². The molecule has 0 aliphatic carbocycles. The van der Waals surface area contributed by atoms with E-state index in [4.69, 9.17) is 0 Å². The second kappa shape index (κ2) is 7.70. The molecule has 0 aliphatic rings. The fourth-order valence-corrected chi connectivity index (χ4v) is 2.67. The van der Waals surface area contributed by atoms with E-state index in [0.29, 0.717) is 6.42 Å². The Labute approximate surface area is 123 Å². The molecule has 1 N–H and O–H groups in total. The average molecular weight is 286 g/mol. The number of rotatable bonds is 6. The summed E-state index contributed by atoms with van der Waals surface area (Å²) in [5.41, 5.74) is 0.886. The van der Waals surface area contributed by atoms with E-state index in [1.807, 2.05) is 43.3 Å². The van der Waals surface area contributed by atoms with Gasteiger partial charge in [0.05, 0.1) is 11.7 Å². The molecule has 1 aromatic carbocycles. The smallest absolute Gasteiger partial charge is 0.221 e. The van der Waals surface area contributed by atoms with Gasteiger partial charge in [0.25, 0.3) is 0 Å². The number of pyridine rings is 1. The van der Waals surface area contributed by atoms with Crippen LogP contribution in [0.1, 0.15) is 25.1 Å². The maximum Gasteiger partial charge on any atom is 0.221 e. The predicted octanol–water partition coefficient (Wildman–Crippen LogP) is 3.44. The summed E-state index contributed by atoms with van der Waals surface area (Å²) in [6, 6.07) is 15.8. The lowest BCUT2D eigenvalue weighted by atomic mass is 10.2. The van der Waals surface area contributed by atoms with Crippen LogP contribution >= 0.6 is 11.8 Å². The van der Waals surface area contributed by atoms with Crippen molar-refractivity contribution in [1.82, 2.24) is 10.3 Å². The fraction of sp³-hybridized carbons (Fsp3) is 0.250. The first-order valence-electron chi connectivity index (χ1n) is 6.64. The Morgan fingerprint density at radius 2 is 1.95 bits per heavy atom. The van der Waals surface area contributed by atoms with Crippen molar-refractivity contribution in [2.24, 2.45) is 0 Å². The van der Waals surface area contributed by atoms with E-state index in [9.17, 15) is 4.79 Å². The zero-order chi connectivity index (χ0) is 14.2. The highest BCUT2D eigenvalue weighted by atomic mass is 32.2. The van der Waals surface area contributed by atoms with Crippen LogP contribution in [0.5, 0.6) is 0 Å². The van der Waals surface area contributed by atoms with Crippen LogP contribution in [0.25, 0.3) is 0 Å². The quantitative estimate of drug-likeness (QED) is 0.827. The van der Waals surface area contributed by atoms with Crippen molar-refractivity contribution < 1.29 is 4.79 Å². The molecule has 2 rings (SSSR count). The van der Waals surface area contributed by atoms with Crippen LogP contribution in [0.15, 0.2) is 59.6 Å². The molecule has 1 aromatic heterocycles. The Bertz CT molecular complexity index is 531. The Balaban J connectivity index is 1.73. The molecule has 1 unspecified atom stereocenters. The molecule has 3 nitrogen and oxygen atoms in total. The number of carbonyl (C=O) groups is 1. The van der Waals surface area contributed by atoms with Gasteiger partial charge in [-0.1, -0.05) is 24.3 Å². The number of aromatic nitrogens is 1. The lowest BCUT2D eigenvalue weighted by Gasteiger charge is -2.13. The van der Waals surface area contributed by atoms with Crippen molar-refractivity contribution in [3.05, 3.63) is 60.4 Å². The summed E-state index contributed by atoms with van der Waals surface area (Å²) >= 11 is 1.70. The molecule has 0 aliphatic heterocycles. The minimum absolute atomic E-state index is 0.0505. The SMILES string of the molecule is CC(NC(=O)CCSc1ccccc1)c1ccccn1. The summed E-state index contributed by atoms with van der Waals surface area (Å²) in [4.78, 5) is 17.3. The zero-order valence-corrected chi connectivity index (χ0v) is 12.3. The van der Waals surface area contributed by atoms with Crippen LogP contribution in [-0.2, 0) is 4.79 Å². The number of hydrogen-bond acceptors (Lipinski definition) is 3. The second-order valence-corrected chi connectivity index (χ2v) is 5.62. The van der Waals surface area contributed by atoms with Gasteiger partial charge in [-0.3, -0.25) is 9.78 Å². The van der Waals surface area contributed by atoms with Gasteiger partial charge in [0, 0.05) is 23.3 Å². The van der Waals surface area contributed by atoms with Crippen molar-refractivity contribution in [2.75, 3.05) is 5.75 Å². The summed E-state index contributed by atoms with van der Waals surface area (Å²) < 4.78 is 0. The Morgan fingerprint density at radius 3 is 2.65 bits per heavy atom. The largest absolute Gasteiger partial charge is 0.348 e. The van der Waals surface area contributed by atoms with Crippen molar-refractivity contribution in [3.8, 4) is 0 Å². The highest BCUT2D eigenvalue weighted by Gasteiger charge is 2.09. The highest BCUT2D eigenvalue weighted by molar-refractivity contribution is 7.99. The molecular formula is C16H18N2OS. The molecule has 1 amide bonds. The minimum atomic E-state index is -0.0505. The Kier molecular flexibility index (Phi) is 5.62. The van der Waals surface area contributed by atoms with E-state index in [0.717, 1.165) is 11.4 Å². The van der Waals surface area contributed by atoms with Crippen LogP contribution in [0.3, 0.4) is 0 Å². The molecule has 1 atom stereocenters. The zero-order valence-electron chi connectivity index (χ0n) is 11.5. The van der Waals surface area contributed by atoms with Crippen molar-refractivity contribution in [2.45, 2.75) is 24.3 Å². The maximum absolute atomic E-state index is 11.9. The third-order valence-electron chi connectivity index (χ3n) is 2.85. The predicted molar refractivity (Wildman–Crippen MR) is 82.6 cm³/mol. The Hall–Kier alpha value is -1.81. The van der Waals surface area contributed by atoms with Gasteiger partial charge >= 0.3 is 0 Å². The van der Waals surface area contributed by atoms with Crippen LogP contribution in [0, 0.1) is 0 Å². The first kappa shape index (κ1) is 14.6. The first-order chi connectivity index (χ1) is 9.75. The van der Waals surface area contributed by atoms with Gasteiger partial charge in [-0.2, -0.15) is 0 Å². The lowest BCUT2D eigenvalue weighted by Crippen LogP contribution is -2.27. The normalized spacial score (nSPS) is 11.8. The third kappa shape index (κ3) is 4.70. The van der Waals surface area contributed by atoms with E-state index in [1.54, 1.807) is 18.0 Å².